The average Bonchev–Trinajstić information content (AvgIpc) is 0.811. The van der Waals surface area contributed by atoms with Gasteiger partial charge in [-0.3, -0.25) is 0 Å². The van der Waals surface area contributed by atoms with E-state index in [2.05, 4.69) is 36.7 Å². The summed E-state index contributed by atoms with van der Waals surface area (Å²) in [6.07, 6.45) is 0. The van der Waals surface area contributed by atoms with E-state index in [1.165, 1.54) is 0 Å². The fourth-order valence-corrected chi connectivity index (χ4v) is 0. The van der Waals surface area contributed by atoms with Gasteiger partial charge in [-0.25, -0.2) is 0 Å². The first-order chi connectivity index (χ1) is 1.73. The average molecular weight is 422 g/mol. The van der Waals surface area contributed by atoms with Crippen molar-refractivity contribution in [2.45, 2.75) is 0 Å². The molecule has 0 atom stereocenters. The van der Waals surface area contributed by atoms with Crippen LogP contribution < -0.4 is 0 Å². The van der Waals surface area contributed by atoms with E-state index in [0.29, 0.717) is 0 Å². The molecule has 0 spiro atoms. The van der Waals surface area contributed by atoms with E-state index in [0.717, 1.165) is 0 Å². The topological polar surface area (TPSA) is 0 Å². The van der Waals surface area contributed by atoms with Crippen molar-refractivity contribution in [2.75, 3.05) is 0 Å². The summed E-state index contributed by atoms with van der Waals surface area (Å²) in [6.45, 7) is 0. The van der Waals surface area contributed by atoms with Crippen molar-refractivity contribution < 1.29 is 40.9 Å². The fraction of sp³-hybridized carbons (Fsp3) is 0. The minimum Gasteiger partial charge on any atom is 0 e. The third kappa shape index (κ3) is 19.0. The van der Waals surface area contributed by atoms with Crippen LogP contribution >= 0.6 is 36.7 Å². The molecule has 0 aliphatic heterocycles. The van der Waals surface area contributed by atoms with Crippen LogP contribution in [0.3, 0.4) is 0 Å². The number of halogens is 3. The van der Waals surface area contributed by atoms with Gasteiger partial charge < -0.3 is 0 Å². The molecule has 0 saturated carbocycles. The molecule has 0 saturated heterocycles. The fourth-order valence-electron chi connectivity index (χ4n) is 0. The van der Waals surface area contributed by atoms with Gasteiger partial charge in [0.15, 0.2) is 0 Å². The first-order valence-corrected chi connectivity index (χ1v) is 17.4. The van der Waals surface area contributed by atoms with E-state index < -0.39 is 14.7 Å². The maximum absolute atomic E-state index is 3.30. The van der Waals surface area contributed by atoms with Crippen molar-refractivity contribution in [3.63, 3.8) is 0 Å². The molecule has 0 amide bonds. The Morgan fingerprint density at radius 2 is 1.00 bits per heavy atom. The van der Waals surface area contributed by atoms with Crippen molar-refractivity contribution in [2.24, 2.45) is 0 Å². The largest absolute Gasteiger partial charge is 0 e. The second kappa shape index (κ2) is 7.21. The van der Waals surface area contributed by atoms with Gasteiger partial charge in [0.1, 0.15) is 0 Å². The first kappa shape index (κ1) is 11.1. The van der Waals surface area contributed by atoms with Gasteiger partial charge >= 0.3 is 51.4 Å². The number of hydrogen-bond acceptors (Lipinski definition) is 0. The molecule has 0 fully saturated rings. The summed E-state index contributed by atoms with van der Waals surface area (Å²) in [6, 6.07) is 0. The first-order valence-electron chi connectivity index (χ1n) is 0.567. The van der Waals surface area contributed by atoms with Crippen LogP contribution in [0, 0.1) is 0 Å². The van der Waals surface area contributed by atoms with Crippen LogP contribution in [0.15, 0.2) is 0 Å². The molecule has 0 aromatic rings. The van der Waals surface area contributed by atoms with Gasteiger partial charge in [0.05, 0.1) is 0 Å². The molecule has 0 rings (SSSR count). The SMILES string of the molecule is [Br][Zr]([Br])[Br].[Zr]. The van der Waals surface area contributed by atoms with Crippen LogP contribution in [0.2, 0.25) is 0 Å². The summed E-state index contributed by atoms with van der Waals surface area (Å²) >= 11 is 8.80. The van der Waals surface area contributed by atoms with Crippen LogP contribution in [0.4, 0.5) is 0 Å². The molecule has 0 aliphatic rings. The van der Waals surface area contributed by atoms with Crippen LogP contribution in [0.5, 0.6) is 0 Å². The molecule has 0 N–H and O–H groups in total. The molecule has 0 radical (unpaired) electrons. The molecule has 0 heterocycles. The van der Waals surface area contributed by atoms with Crippen molar-refractivity contribution >= 4 is 36.7 Å². The predicted molar refractivity (Wildman–Crippen MR) is 26.8 cm³/mol. The standard InChI is InChI=1S/3BrH.2Zr/h3*1H;;/q;;;;+3/p-3. The number of hydrogen-bond donors (Lipinski definition) is 0. The Hall–Kier alpha value is 3.21. The molecule has 0 aromatic heterocycles. The molecule has 0 nitrogen and oxygen atoms in total. The Kier molecular flexibility index (Phi) is 15.9. The monoisotopic (exact) mass is 417 g/mol. The van der Waals surface area contributed by atoms with Crippen molar-refractivity contribution in [3.05, 3.63) is 0 Å². The van der Waals surface area contributed by atoms with Crippen molar-refractivity contribution in [3.8, 4) is 0 Å². The Bertz CT molecular complexity index is 9.61. The minimum absolute atomic E-state index is 0. The summed E-state index contributed by atoms with van der Waals surface area (Å²) in [5.74, 6) is 0. The summed E-state index contributed by atoms with van der Waals surface area (Å²) in [5.41, 5.74) is 0. The zero-order valence-corrected chi connectivity index (χ0v) is 11.8. The second-order valence-electron chi connectivity index (χ2n) is 0.214. The van der Waals surface area contributed by atoms with Crippen LogP contribution in [-0.4, -0.2) is 0 Å². The van der Waals surface area contributed by atoms with Crippen LogP contribution in [0.25, 0.3) is 0 Å². The van der Waals surface area contributed by atoms with Gasteiger partial charge in [0.25, 0.3) is 0 Å². The van der Waals surface area contributed by atoms with Gasteiger partial charge in [0.2, 0.25) is 0 Å². The normalized spacial score (nSPS) is 5.40. The predicted octanol–water partition coefficient (Wildman–Crippen LogP) is 2.53. The van der Waals surface area contributed by atoms with Gasteiger partial charge in [-0.1, -0.05) is 0 Å². The second-order valence-corrected chi connectivity index (χ2v) is 34.2. The summed E-state index contributed by atoms with van der Waals surface area (Å²) in [5, 5.41) is 0. The third-order valence-electron chi connectivity index (χ3n) is 0. The molecule has 29 valence electrons. The zero-order chi connectivity index (χ0) is 3.58. The van der Waals surface area contributed by atoms with Crippen LogP contribution in [0.1, 0.15) is 0 Å². The van der Waals surface area contributed by atoms with E-state index in [9.17, 15) is 0 Å². The molecular weight excluding hydrogens is 422 g/mol. The molecule has 0 unspecified atom stereocenters. The summed E-state index contributed by atoms with van der Waals surface area (Å²) in [4.78, 5) is 0. The molecule has 0 aromatic carbocycles. The Labute approximate surface area is 75.6 Å². The van der Waals surface area contributed by atoms with Gasteiger partial charge in [-0.2, -0.15) is 0 Å². The zero-order valence-electron chi connectivity index (χ0n) is 2.13. The maximum Gasteiger partial charge on any atom is 0 e. The Morgan fingerprint density at radius 1 is 1.00 bits per heavy atom. The summed E-state index contributed by atoms with van der Waals surface area (Å²) in [7, 11) is 0. The quantitative estimate of drug-likeness (QED) is 0.563. The van der Waals surface area contributed by atoms with Crippen molar-refractivity contribution in [1.29, 1.82) is 0 Å². The van der Waals surface area contributed by atoms with E-state index in [1.54, 1.807) is 0 Å². The third-order valence-corrected chi connectivity index (χ3v) is 0. The minimum atomic E-state index is -1.11. The van der Waals surface area contributed by atoms with E-state index in [1.807, 2.05) is 0 Å². The Morgan fingerprint density at radius 3 is 1.00 bits per heavy atom. The van der Waals surface area contributed by atoms with Crippen molar-refractivity contribution in [1.82, 2.24) is 0 Å². The molecule has 0 bridgehead atoms. The van der Waals surface area contributed by atoms with E-state index >= 15 is 0 Å². The molecular formula is Br3Zr2. The van der Waals surface area contributed by atoms with E-state index in [-0.39, 0.29) is 26.2 Å². The van der Waals surface area contributed by atoms with E-state index in [4.69, 9.17) is 0 Å². The summed E-state index contributed by atoms with van der Waals surface area (Å²) < 4.78 is 0. The molecule has 5 heteroatoms. The Balaban J connectivity index is 0. The smallest absolute Gasteiger partial charge is 0 e. The molecule has 5 heavy (non-hydrogen) atoms. The maximum atomic E-state index is 3.30. The van der Waals surface area contributed by atoms with Gasteiger partial charge in [-0.05, 0) is 0 Å². The van der Waals surface area contributed by atoms with Gasteiger partial charge in [0, 0.05) is 26.2 Å². The van der Waals surface area contributed by atoms with Crippen LogP contribution in [-0.2, 0) is 40.9 Å². The molecule has 0 aliphatic carbocycles. The number of rotatable bonds is 0. The van der Waals surface area contributed by atoms with Gasteiger partial charge in [-0.15, -0.1) is 0 Å².